The van der Waals surface area contributed by atoms with Crippen molar-refractivity contribution >= 4 is 11.9 Å². The highest BCUT2D eigenvalue weighted by Crippen LogP contribution is 2.20. The van der Waals surface area contributed by atoms with Crippen molar-refractivity contribution in [3.63, 3.8) is 0 Å². The average molecular weight is 277 g/mol. The maximum atomic E-state index is 12.0. The molecule has 1 aliphatic rings. The summed E-state index contributed by atoms with van der Waals surface area (Å²) in [4.78, 5) is 23.4. The zero-order valence-electron chi connectivity index (χ0n) is 11.7. The first-order chi connectivity index (χ1) is 9.49. The van der Waals surface area contributed by atoms with Gasteiger partial charge in [-0.1, -0.05) is 18.2 Å². The molecule has 0 spiro atoms. The molecule has 1 heterocycles. The number of aliphatic carboxylic acids is 1. The molecule has 5 nitrogen and oxygen atoms in total. The van der Waals surface area contributed by atoms with Gasteiger partial charge in [-0.25, -0.2) is 4.79 Å². The normalized spacial score (nSPS) is 19.6. The molecule has 1 aliphatic heterocycles. The van der Waals surface area contributed by atoms with Crippen molar-refractivity contribution in [2.24, 2.45) is 5.92 Å². The number of carbonyl (C=O) groups is 2. The van der Waals surface area contributed by atoms with Crippen LogP contribution in [0.3, 0.4) is 0 Å². The zero-order chi connectivity index (χ0) is 14.7. The average Bonchev–Trinajstić information content (AvgIpc) is 2.93. The molecular formula is C15H19NO4. The van der Waals surface area contributed by atoms with Crippen molar-refractivity contribution in [1.82, 2.24) is 5.32 Å². The molecule has 1 fully saturated rings. The van der Waals surface area contributed by atoms with E-state index in [0.717, 1.165) is 11.1 Å². The van der Waals surface area contributed by atoms with E-state index in [-0.39, 0.29) is 11.8 Å². The summed E-state index contributed by atoms with van der Waals surface area (Å²) in [6.45, 7) is 4.80. The van der Waals surface area contributed by atoms with E-state index in [4.69, 9.17) is 4.74 Å². The van der Waals surface area contributed by atoms with Crippen molar-refractivity contribution in [2.45, 2.75) is 26.3 Å². The number of aryl methyl sites for hydroxylation is 2. The fourth-order valence-corrected chi connectivity index (χ4v) is 2.23. The van der Waals surface area contributed by atoms with Gasteiger partial charge in [-0.2, -0.15) is 0 Å². The molecule has 1 saturated heterocycles. The Bertz CT molecular complexity index is 521. The van der Waals surface area contributed by atoms with E-state index in [1.807, 2.05) is 19.9 Å². The molecule has 2 rings (SSSR count). The maximum absolute atomic E-state index is 12.0. The van der Waals surface area contributed by atoms with Gasteiger partial charge in [-0.05, 0) is 37.0 Å². The Morgan fingerprint density at radius 1 is 1.35 bits per heavy atom. The number of carbonyl (C=O) groups excluding carboxylic acids is 1. The van der Waals surface area contributed by atoms with E-state index in [1.165, 1.54) is 0 Å². The lowest BCUT2D eigenvalue weighted by Crippen LogP contribution is -2.38. The number of benzene rings is 1. The van der Waals surface area contributed by atoms with E-state index in [9.17, 15) is 14.7 Å². The van der Waals surface area contributed by atoms with Gasteiger partial charge in [0.2, 0.25) is 5.91 Å². The number of ether oxygens (including phenoxy) is 1. The van der Waals surface area contributed by atoms with E-state index in [2.05, 4.69) is 5.32 Å². The first kappa shape index (κ1) is 14.5. The molecule has 1 aromatic carbocycles. The summed E-state index contributed by atoms with van der Waals surface area (Å²) < 4.78 is 5.15. The number of carboxylic acids is 1. The Morgan fingerprint density at radius 2 is 2.10 bits per heavy atom. The Balaban J connectivity index is 2.16. The van der Waals surface area contributed by atoms with E-state index in [0.29, 0.717) is 25.2 Å². The Labute approximate surface area is 117 Å². The molecule has 5 heteroatoms. The molecule has 2 atom stereocenters. The van der Waals surface area contributed by atoms with E-state index in [1.54, 1.807) is 12.1 Å². The van der Waals surface area contributed by atoms with Crippen LogP contribution in [0.25, 0.3) is 0 Å². The van der Waals surface area contributed by atoms with Gasteiger partial charge < -0.3 is 15.2 Å². The fraction of sp³-hybridized carbons (Fsp3) is 0.467. The fourth-order valence-electron chi connectivity index (χ4n) is 2.23. The van der Waals surface area contributed by atoms with Gasteiger partial charge in [0.15, 0.2) is 6.04 Å². The second kappa shape index (κ2) is 6.05. The van der Waals surface area contributed by atoms with Gasteiger partial charge in [-0.3, -0.25) is 4.79 Å². The lowest BCUT2D eigenvalue weighted by atomic mass is 10.00. The summed E-state index contributed by atoms with van der Waals surface area (Å²) >= 11 is 0. The minimum Gasteiger partial charge on any atom is -0.479 e. The van der Waals surface area contributed by atoms with Crippen molar-refractivity contribution < 1.29 is 19.4 Å². The monoisotopic (exact) mass is 277 g/mol. The van der Waals surface area contributed by atoms with Gasteiger partial charge in [0, 0.05) is 6.61 Å². The number of carboxylic acid groups (broad SMARTS) is 1. The molecular weight excluding hydrogens is 258 g/mol. The van der Waals surface area contributed by atoms with Crippen LogP contribution >= 0.6 is 0 Å². The largest absolute Gasteiger partial charge is 0.479 e. The van der Waals surface area contributed by atoms with Crippen LogP contribution in [0.4, 0.5) is 0 Å². The summed E-state index contributed by atoms with van der Waals surface area (Å²) in [6, 6.07) is 4.40. The van der Waals surface area contributed by atoms with Crippen LogP contribution in [0, 0.1) is 19.8 Å². The number of amides is 1. The highest BCUT2D eigenvalue weighted by molar-refractivity contribution is 5.86. The molecule has 20 heavy (non-hydrogen) atoms. The predicted molar refractivity (Wildman–Crippen MR) is 73.4 cm³/mol. The van der Waals surface area contributed by atoms with Crippen LogP contribution < -0.4 is 5.32 Å². The molecule has 1 aromatic rings. The number of hydrogen-bond donors (Lipinski definition) is 2. The van der Waals surface area contributed by atoms with Gasteiger partial charge in [-0.15, -0.1) is 0 Å². The van der Waals surface area contributed by atoms with Crippen molar-refractivity contribution in [3.8, 4) is 0 Å². The lowest BCUT2D eigenvalue weighted by Gasteiger charge is -2.18. The smallest absolute Gasteiger partial charge is 0.330 e. The van der Waals surface area contributed by atoms with Crippen LogP contribution in [-0.4, -0.2) is 30.2 Å². The van der Waals surface area contributed by atoms with Crippen LogP contribution in [0.5, 0.6) is 0 Å². The quantitative estimate of drug-likeness (QED) is 0.876. The summed E-state index contributed by atoms with van der Waals surface area (Å²) in [5.74, 6) is -1.56. The van der Waals surface area contributed by atoms with Gasteiger partial charge in [0.05, 0.1) is 12.5 Å². The number of nitrogens with one attached hydrogen (secondary N) is 1. The second-order valence-corrected chi connectivity index (χ2v) is 5.18. The third kappa shape index (κ3) is 3.17. The van der Waals surface area contributed by atoms with Crippen LogP contribution in [0.1, 0.15) is 29.2 Å². The van der Waals surface area contributed by atoms with Gasteiger partial charge >= 0.3 is 5.97 Å². The summed E-state index contributed by atoms with van der Waals surface area (Å²) in [7, 11) is 0. The Hall–Kier alpha value is -1.88. The minimum absolute atomic E-state index is 0.247. The summed E-state index contributed by atoms with van der Waals surface area (Å²) in [5, 5.41) is 11.9. The SMILES string of the molecule is Cc1ccc(C(NC(=O)C2CCOC2)C(=O)O)cc1C. The highest BCUT2D eigenvalue weighted by Gasteiger charge is 2.29. The molecule has 2 N–H and O–H groups in total. The lowest BCUT2D eigenvalue weighted by molar-refractivity contribution is -0.142. The standard InChI is InChI=1S/C15H19NO4/c1-9-3-4-11(7-10(9)2)13(15(18)19)16-14(17)12-5-6-20-8-12/h3-4,7,12-13H,5-6,8H2,1-2H3,(H,16,17)(H,18,19). The molecule has 0 aromatic heterocycles. The summed E-state index contributed by atoms with van der Waals surface area (Å²) in [5.41, 5.74) is 2.69. The zero-order valence-corrected chi connectivity index (χ0v) is 11.7. The predicted octanol–water partition coefficient (Wildman–Crippen LogP) is 1.58. The molecule has 108 valence electrons. The first-order valence-corrected chi connectivity index (χ1v) is 6.67. The molecule has 2 unspecified atom stereocenters. The van der Waals surface area contributed by atoms with Gasteiger partial charge in [0.25, 0.3) is 0 Å². The van der Waals surface area contributed by atoms with Crippen molar-refractivity contribution in [2.75, 3.05) is 13.2 Å². The number of rotatable bonds is 4. The van der Waals surface area contributed by atoms with Crippen LogP contribution in [0.15, 0.2) is 18.2 Å². The van der Waals surface area contributed by atoms with Crippen molar-refractivity contribution in [3.05, 3.63) is 34.9 Å². The minimum atomic E-state index is -1.06. The van der Waals surface area contributed by atoms with Crippen LogP contribution in [0.2, 0.25) is 0 Å². The van der Waals surface area contributed by atoms with E-state index < -0.39 is 12.0 Å². The maximum Gasteiger partial charge on any atom is 0.330 e. The number of hydrogen-bond acceptors (Lipinski definition) is 3. The summed E-state index contributed by atoms with van der Waals surface area (Å²) in [6.07, 6.45) is 0.644. The van der Waals surface area contributed by atoms with Crippen molar-refractivity contribution in [1.29, 1.82) is 0 Å². The third-order valence-corrected chi connectivity index (χ3v) is 3.70. The first-order valence-electron chi connectivity index (χ1n) is 6.67. The topological polar surface area (TPSA) is 75.6 Å². The molecule has 0 radical (unpaired) electrons. The molecule has 0 aliphatic carbocycles. The molecule has 1 amide bonds. The third-order valence-electron chi connectivity index (χ3n) is 3.70. The molecule has 0 saturated carbocycles. The van der Waals surface area contributed by atoms with E-state index >= 15 is 0 Å². The van der Waals surface area contributed by atoms with Crippen LogP contribution in [-0.2, 0) is 14.3 Å². The Morgan fingerprint density at radius 3 is 2.65 bits per heavy atom. The molecule has 0 bridgehead atoms. The Kier molecular flexibility index (Phi) is 4.39. The second-order valence-electron chi connectivity index (χ2n) is 5.18. The highest BCUT2D eigenvalue weighted by atomic mass is 16.5. The van der Waals surface area contributed by atoms with Gasteiger partial charge in [0.1, 0.15) is 0 Å².